The van der Waals surface area contributed by atoms with Crippen molar-refractivity contribution in [1.29, 1.82) is 0 Å². The number of aryl methyl sites for hydroxylation is 1. The van der Waals surface area contributed by atoms with Crippen LogP contribution in [0.2, 0.25) is 0 Å². The highest BCUT2D eigenvalue weighted by Crippen LogP contribution is 2.24. The Morgan fingerprint density at radius 1 is 1.31 bits per heavy atom. The number of benzene rings is 1. The molecule has 2 heterocycles. The Kier molecular flexibility index (Phi) is 6.36. The van der Waals surface area contributed by atoms with Gasteiger partial charge in [-0.2, -0.15) is 0 Å². The van der Waals surface area contributed by atoms with Crippen molar-refractivity contribution < 1.29 is 9.90 Å². The van der Waals surface area contributed by atoms with E-state index in [0.29, 0.717) is 25.1 Å². The SMILES string of the molecule is CC[C@H](C)[C@@H](NC(=O)CCCn1c(C)cc(O)cc1=O)c1nc2ccccc2[nH]1. The number of hydrogen-bond acceptors (Lipinski definition) is 4. The van der Waals surface area contributed by atoms with E-state index >= 15 is 0 Å². The van der Waals surface area contributed by atoms with Crippen LogP contribution in [0.4, 0.5) is 0 Å². The van der Waals surface area contributed by atoms with Crippen molar-refractivity contribution in [2.45, 2.75) is 52.6 Å². The molecule has 0 unspecified atom stereocenters. The molecule has 0 fully saturated rings. The van der Waals surface area contributed by atoms with Gasteiger partial charge in [-0.15, -0.1) is 0 Å². The quantitative estimate of drug-likeness (QED) is 0.543. The molecule has 0 aliphatic heterocycles. The number of fused-ring (bicyclic) bond motifs is 1. The Labute approximate surface area is 169 Å². The number of pyridine rings is 1. The number of nitrogens with zero attached hydrogens (tertiary/aromatic N) is 2. The molecule has 154 valence electrons. The van der Waals surface area contributed by atoms with E-state index in [9.17, 15) is 14.7 Å². The minimum atomic E-state index is -0.261. The van der Waals surface area contributed by atoms with Crippen molar-refractivity contribution in [1.82, 2.24) is 19.9 Å². The Morgan fingerprint density at radius 3 is 2.76 bits per heavy atom. The van der Waals surface area contributed by atoms with Crippen LogP contribution in [0, 0.1) is 12.8 Å². The molecule has 0 radical (unpaired) electrons. The van der Waals surface area contributed by atoms with Crippen LogP contribution in [-0.2, 0) is 11.3 Å². The second-order valence-electron chi connectivity index (χ2n) is 7.52. The second-order valence-corrected chi connectivity index (χ2v) is 7.52. The van der Waals surface area contributed by atoms with Crippen LogP contribution in [-0.4, -0.2) is 25.5 Å². The number of amides is 1. The Hall–Kier alpha value is -3.09. The van der Waals surface area contributed by atoms with Crippen molar-refractivity contribution in [3.8, 4) is 5.75 Å². The van der Waals surface area contributed by atoms with Crippen LogP contribution in [0.3, 0.4) is 0 Å². The molecule has 3 N–H and O–H groups in total. The van der Waals surface area contributed by atoms with Gasteiger partial charge in [0, 0.05) is 24.7 Å². The Morgan fingerprint density at radius 2 is 2.07 bits per heavy atom. The number of para-hydroxylation sites is 2. The fraction of sp³-hybridized carbons (Fsp3) is 0.409. The molecule has 29 heavy (non-hydrogen) atoms. The molecule has 0 spiro atoms. The van der Waals surface area contributed by atoms with Crippen LogP contribution in [0.5, 0.6) is 5.75 Å². The van der Waals surface area contributed by atoms with E-state index < -0.39 is 0 Å². The number of aromatic nitrogens is 3. The fourth-order valence-corrected chi connectivity index (χ4v) is 3.48. The molecule has 1 amide bonds. The van der Waals surface area contributed by atoms with Crippen molar-refractivity contribution >= 4 is 16.9 Å². The number of H-pyrrole nitrogens is 1. The maximum absolute atomic E-state index is 12.6. The monoisotopic (exact) mass is 396 g/mol. The number of rotatable bonds is 8. The van der Waals surface area contributed by atoms with Gasteiger partial charge in [0.2, 0.25) is 5.91 Å². The number of aromatic hydroxyl groups is 1. The number of hydrogen-bond donors (Lipinski definition) is 3. The molecule has 7 heteroatoms. The normalized spacial score (nSPS) is 13.3. The maximum Gasteiger partial charge on any atom is 0.254 e. The van der Waals surface area contributed by atoms with Gasteiger partial charge in [0.1, 0.15) is 11.6 Å². The van der Waals surface area contributed by atoms with Gasteiger partial charge in [-0.1, -0.05) is 32.4 Å². The first-order valence-corrected chi connectivity index (χ1v) is 10.0. The molecule has 0 aliphatic rings. The summed E-state index contributed by atoms with van der Waals surface area (Å²) in [6, 6.07) is 10.3. The minimum absolute atomic E-state index is 0.0382. The lowest BCUT2D eigenvalue weighted by Crippen LogP contribution is -2.33. The summed E-state index contributed by atoms with van der Waals surface area (Å²) in [5.41, 5.74) is 2.25. The molecule has 0 saturated heterocycles. The summed E-state index contributed by atoms with van der Waals surface area (Å²) in [7, 11) is 0. The fourth-order valence-electron chi connectivity index (χ4n) is 3.48. The molecule has 7 nitrogen and oxygen atoms in total. The summed E-state index contributed by atoms with van der Waals surface area (Å²) in [5.74, 6) is 0.880. The van der Waals surface area contributed by atoms with E-state index in [1.807, 2.05) is 24.3 Å². The molecule has 0 aliphatic carbocycles. The van der Waals surface area contributed by atoms with Gasteiger partial charge in [0.05, 0.1) is 17.1 Å². The number of carbonyl (C=O) groups excluding carboxylic acids is 1. The van der Waals surface area contributed by atoms with Crippen LogP contribution in [0.25, 0.3) is 11.0 Å². The average Bonchev–Trinajstić information content (AvgIpc) is 3.11. The lowest BCUT2D eigenvalue weighted by Gasteiger charge is -2.22. The van der Waals surface area contributed by atoms with Crippen LogP contribution in [0.15, 0.2) is 41.2 Å². The molecule has 0 saturated carbocycles. The zero-order valence-electron chi connectivity index (χ0n) is 17.1. The van der Waals surface area contributed by atoms with Crippen molar-refractivity contribution in [3.63, 3.8) is 0 Å². The topological polar surface area (TPSA) is 100 Å². The zero-order chi connectivity index (χ0) is 21.0. The highest BCUT2D eigenvalue weighted by atomic mass is 16.3. The summed E-state index contributed by atoms with van der Waals surface area (Å²) in [5, 5.41) is 12.6. The van der Waals surface area contributed by atoms with Gasteiger partial charge in [-0.25, -0.2) is 4.98 Å². The van der Waals surface area contributed by atoms with E-state index in [1.54, 1.807) is 17.6 Å². The second kappa shape index (κ2) is 8.94. The van der Waals surface area contributed by atoms with Gasteiger partial charge in [-0.05, 0) is 37.5 Å². The van der Waals surface area contributed by atoms with Gasteiger partial charge in [0.15, 0.2) is 0 Å². The third-order valence-corrected chi connectivity index (χ3v) is 5.34. The van der Waals surface area contributed by atoms with E-state index in [4.69, 9.17) is 0 Å². The van der Waals surface area contributed by atoms with E-state index in [2.05, 4.69) is 29.1 Å². The first-order chi connectivity index (χ1) is 13.9. The molecule has 0 bridgehead atoms. The third kappa shape index (κ3) is 4.85. The largest absolute Gasteiger partial charge is 0.508 e. The summed E-state index contributed by atoms with van der Waals surface area (Å²) >= 11 is 0. The van der Waals surface area contributed by atoms with Crippen molar-refractivity contribution in [3.05, 3.63) is 58.3 Å². The number of imidazole rings is 1. The van der Waals surface area contributed by atoms with Gasteiger partial charge in [0.25, 0.3) is 5.56 Å². The lowest BCUT2D eigenvalue weighted by atomic mass is 9.98. The molecule has 1 aromatic carbocycles. The van der Waals surface area contributed by atoms with Gasteiger partial charge in [-0.3, -0.25) is 9.59 Å². The van der Waals surface area contributed by atoms with Crippen molar-refractivity contribution in [2.75, 3.05) is 0 Å². The smallest absolute Gasteiger partial charge is 0.254 e. The van der Waals surface area contributed by atoms with E-state index in [-0.39, 0.29) is 29.2 Å². The molecule has 2 aromatic heterocycles. The summed E-state index contributed by atoms with van der Waals surface area (Å²) in [6.45, 7) is 6.38. The van der Waals surface area contributed by atoms with Crippen LogP contribution >= 0.6 is 0 Å². The van der Waals surface area contributed by atoms with Crippen LogP contribution in [0.1, 0.15) is 50.7 Å². The van der Waals surface area contributed by atoms with E-state index in [0.717, 1.165) is 23.3 Å². The predicted octanol–water partition coefficient (Wildman–Crippen LogP) is 3.42. The zero-order valence-corrected chi connectivity index (χ0v) is 17.1. The first kappa shape index (κ1) is 20.6. The number of carbonyl (C=O) groups is 1. The lowest BCUT2D eigenvalue weighted by molar-refractivity contribution is -0.122. The first-order valence-electron chi connectivity index (χ1n) is 10.0. The number of aromatic amines is 1. The summed E-state index contributed by atoms with van der Waals surface area (Å²) < 4.78 is 1.57. The summed E-state index contributed by atoms with van der Waals surface area (Å²) in [4.78, 5) is 32.6. The molecular formula is C22H28N4O3. The highest BCUT2D eigenvalue weighted by molar-refractivity contribution is 5.77. The molecular weight excluding hydrogens is 368 g/mol. The minimum Gasteiger partial charge on any atom is -0.508 e. The maximum atomic E-state index is 12.6. The summed E-state index contributed by atoms with van der Waals surface area (Å²) in [6.07, 6.45) is 1.74. The Bertz CT molecular complexity index is 1020. The van der Waals surface area contributed by atoms with Gasteiger partial charge < -0.3 is 20.0 Å². The molecule has 2 atom stereocenters. The van der Waals surface area contributed by atoms with E-state index in [1.165, 1.54) is 6.07 Å². The molecule has 3 aromatic rings. The third-order valence-electron chi connectivity index (χ3n) is 5.34. The Balaban J connectivity index is 1.65. The standard InChI is InChI=1S/C22H28N4O3/c1-4-14(2)21(22-23-17-8-5-6-9-18(17)24-22)25-19(28)10-7-11-26-15(3)12-16(27)13-20(26)29/h5-6,8-9,12-14,21,27H,4,7,10-11H2,1-3H3,(H,23,24)(H,25,28)/t14-,21+/m0/s1. The highest BCUT2D eigenvalue weighted by Gasteiger charge is 2.23. The number of nitrogens with one attached hydrogen (secondary N) is 2. The predicted molar refractivity (Wildman–Crippen MR) is 113 cm³/mol. The van der Waals surface area contributed by atoms with Gasteiger partial charge >= 0.3 is 0 Å². The average molecular weight is 396 g/mol. The van der Waals surface area contributed by atoms with Crippen molar-refractivity contribution in [2.24, 2.45) is 5.92 Å². The molecule has 3 rings (SSSR count). The van der Waals surface area contributed by atoms with Crippen LogP contribution < -0.4 is 10.9 Å².